The van der Waals surface area contributed by atoms with Crippen LogP contribution < -0.4 is 10.0 Å². The number of nitrogens with zero attached hydrogens (tertiary/aromatic N) is 2. The third-order valence-corrected chi connectivity index (χ3v) is 6.46. The van der Waals surface area contributed by atoms with Gasteiger partial charge in [0.05, 0.1) is 4.92 Å². The molecule has 6 heteroatoms. The smallest absolute Gasteiger partial charge is 0.269 e. The van der Waals surface area contributed by atoms with Crippen molar-refractivity contribution in [1.29, 1.82) is 0 Å². The summed E-state index contributed by atoms with van der Waals surface area (Å²) in [5.74, 6) is -1.67. The van der Waals surface area contributed by atoms with Gasteiger partial charge in [0.2, 0.25) is 0 Å². The standard InChI is InChI=1S/C19H24N2O4/c1-18(2)8-13-9-19(3,10-18)16-14(17(22)23)7-11-6-12(21(24)25)4-5-15(11)20(13)16/h4-6,13-14,16H,7-10H2,1-3H3,(H,22,23)/p-1/t13-,14+,16-,19+/m1/s1. The number of carboxylic acids is 1. The fourth-order valence-corrected chi connectivity index (χ4v) is 6.16. The fourth-order valence-electron chi connectivity index (χ4n) is 6.16. The van der Waals surface area contributed by atoms with E-state index in [1.807, 2.05) is 6.07 Å². The molecule has 25 heavy (non-hydrogen) atoms. The highest BCUT2D eigenvalue weighted by atomic mass is 16.6. The van der Waals surface area contributed by atoms with Crippen molar-refractivity contribution in [3.63, 3.8) is 0 Å². The summed E-state index contributed by atoms with van der Waals surface area (Å²) in [5, 5.41) is 23.1. The summed E-state index contributed by atoms with van der Waals surface area (Å²) in [6.45, 7) is 6.71. The van der Waals surface area contributed by atoms with Gasteiger partial charge in [-0.3, -0.25) is 10.1 Å². The minimum Gasteiger partial charge on any atom is -0.550 e. The van der Waals surface area contributed by atoms with Crippen molar-refractivity contribution in [2.24, 2.45) is 16.7 Å². The van der Waals surface area contributed by atoms with Crippen molar-refractivity contribution in [3.8, 4) is 0 Å². The molecular formula is C19H23N2O4-. The lowest BCUT2D eigenvalue weighted by Gasteiger charge is -2.46. The highest BCUT2D eigenvalue weighted by Crippen LogP contribution is 2.60. The minimum absolute atomic E-state index is 0.0167. The molecule has 0 amide bonds. The van der Waals surface area contributed by atoms with Crippen LogP contribution in [0, 0.1) is 26.9 Å². The molecule has 2 aliphatic heterocycles. The quantitative estimate of drug-likeness (QED) is 0.607. The van der Waals surface area contributed by atoms with E-state index in [9.17, 15) is 20.0 Å². The van der Waals surface area contributed by atoms with Gasteiger partial charge < -0.3 is 14.8 Å². The lowest BCUT2D eigenvalue weighted by Crippen LogP contribution is -2.54. The number of carbonyl (C=O) groups is 1. The highest BCUT2D eigenvalue weighted by molar-refractivity contribution is 5.75. The molecule has 0 spiro atoms. The SMILES string of the molecule is CC1(C)C[C@@H]2C[C@@](C)(C1)[C@H]1[C@@H](C(=O)[O-])Cc3cc([N+](=O)[O-])ccc3N21. The monoisotopic (exact) mass is 343 g/mol. The van der Waals surface area contributed by atoms with Crippen molar-refractivity contribution in [3.05, 3.63) is 33.9 Å². The maximum absolute atomic E-state index is 11.9. The average Bonchev–Trinajstić information content (AvgIpc) is 2.72. The Kier molecular flexibility index (Phi) is 3.25. The number of anilines is 1. The second kappa shape index (κ2) is 4.96. The molecule has 2 heterocycles. The van der Waals surface area contributed by atoms with Gasteiger partial charge in [-0.05, 0) is 48.1 Å². The first-order chi connectivity index (χ1) is 11.6. The summed E-state index contributed by atoms with van der Waals surface area (Å²) in [7, 11) is 0. The van der Waals surface area contributed by atoms with Gasteiger partial charge in [-0.2, -0.15) is 0 Å². The van der Waals surface area contributed by atoms with E-state index in [0.29, 0.717) is 6.42 Å². The Hall–Kier alpha value is -2.11. The summed E-state index contributed by atoms with van der Waals surface area (Å²) in [6, 6.07) is 5.06. The molecule has 3 aliphatic rings. The van der Waals surface area contributed by atoms with Crippen LogP contribution in [0.2, 0.25) is 0 Å². The maximum atomic E-state index is 11.9. The van der Waals surface area contributed by atoms with Gasteiger partial charge in [0.25, 0.3) is 5.69 Å². The number of carboxylic acid groups (broad SMARTS) is 1. The van der Waals surface area contributed by atoms with Gasteiger partial charge >= 0.3 is 0 Å². The Bertz CT molecular complexity index is 775. The lowest BCUT2D eigenvalue weighted by atomic mass is 9.61. The molecule has 1 saturated heterocycles. The molecular weight excluding hydrogens is 320 g/mol. The molecule has 4 atom stereocenters. The predicted octanol–water partition coefficient (Wildman–Crippen LogP) is 2.29. The molecule has 1 aromatic carbocycles. The minimum atomic E-state index is -1.04. The van der Waals surface area contributed by atoms with Gasteiger partial charge in [0.1, 0.15) is 0 Å². The molecule has 1 aliphatic carbocycles. The number of non-ortho nitro benzene ring substituents is 1. The third-order valence-electron chi connectivity index (χ3n) is 6.46. The second-order valence-electron chi connectivity index (χ2n) is 9.11. The number of nitro benzene ring substituents is 1. The number of fused-ring (bicyclic) bond motifs is 7. The Morgan fingerprint density at radius 3 is 2.64 bits per heavy atom. The van der Waals surface area contributed by atoms with E-state index in [-0.39, 0.29) is 28.6 Å². The molecule has 0 aromatic heterocycles. The zero-order valence-corrected chi connectivity index (χ0v) is 14.8. The number of hydrogen-bond acceptors (Lipinski definition) is 5. The molecule has 0 unspecified atom stereocenters. The number of aliphatic carboxylic acids is 1. The van der Waals surface area contributed by atoms with E-state index in [1.54, 1.807) is 0 Å². The zero-order valence-electron chi connectivity index (χ0n) is 14.8. The Morgan fingerprint density at radius 2 is 2.00 bits per heavy atom. The zero-order chi connectivity index (χ0) is 18.1. The van der Waals surface area contributed by atoms with E-state index in [0.717, 1.165) is 30.5 Å². The first kappa shape index (κ1) is 16.4. The van der Waals surface area contributed by atoms with Crippen molar-refractivity contribution < 1.29 is 14.8 Å². The lowest BCUT2D eigenvalue weighted by molar-refractivity contribution is -0.384. The van der Waals surface area contributed by atoms with Crippen LogP contribution in [0.15, 0.2) is 18.2 Å². The maximum Gasteiger partial charge on any atom is 0.269 e. The summed E-state index contributed by atoms with van der Waals surface area (Å²) in [4.78, 5) is 24.9. The Balaban J connectivity index is 1.87. The largest absolute Gasteiger partial charge is 0.550 e. The van der Waals surface area contributed by atoms with Crippen LogP contribution in [0.25, 0.3) is 0 Å². The number of rotatable bonds is 2. The van der Waals surface area contributed by atoms with Crippen LogP contribution in [-0.4, -0.2) is 23.0 Å². The van der Waals surface area contributed by atoms with Crippen LogP contribution in [0.5, 0.6) is 0 Å². The third kappa shape index (κ3) is 2.34. The molecule has 2 fully saturated rings. The highest BCUT2D eigenvalue weighted by Gasteiger charge is 2.59. The molecule has 1 aromatic rings. The summed E-state index contributed by atoms with van der Waals surface area (Å²) in [5.41, 5.74) is 1.83. The number of nitro groups is 1. The second-order valence-corrected chi connectivity index (χ2v) is 9.11. The van der Waals surface area contributed by atoms with E-state index in [4.69, 9.17) is 0 Å². The van der Waals surface area contributed by atoms with E-state index < -0.39 is 16.8 Å². The van der Waals surface area contributed by atoms with Crippen LogP contribution >= 0.6 is 0 Å². The Labute approximate surface area is 147 Å². The van der Waals surface area contributed by atoms with Crippen molar-refractivity contribution in [2.75, 3.05) is 4.90 Å². The van der Waals surface area contributed by atoms with Gasteiger partial charge in [0.15, 0.2) is 0 Å². The van der Waals surface area contributed by atoms with E-state index >= 15 is 0 Å². The van der Waals surface area contributed by atoms with Crippen molar-refractivity contribution in [1.82, 2.24) is 0 Å². The first-order valence-corrected chi connectivity index (χ1v) is 8.88. The van der Waals surface area contributed by atoms with Crippen LogP contribution in [-0.2, 0) is 11.2 Å². The topological polar surface area (TPSA) is 86.5 Å². The van der Waals surface area contributed by atoms with Gasteiger partial charge in [-0.25, -0.2) is 0 Å². The molecule has 1 saturated carbocycles. The number of carbonyl (C=O) groups excluding carboxylic acids is 1. The normalized spacial score (nSPS) is 35.0. The molecule has 0 radical (unpaired) electrons. The number of hydrogen-bond donors (Lipinski definition) is 0. The van der Waals surface area contributed by atoms with Gasteiger partial charge in [-0.1, -0.05) is 20.8 Å². The van der Waals surface area contributed by atoms with Crippen LogP contribution in [0.3, 0.4) is 0 Å². The predicted molar refractivity (Wildman–Crippen MR) is 91.1 cm³/mol. The molecule has 4 rings (SSSR count). The fraction of sp³-hybridized carbons (Fsp3) is 0.632. The number of benzene rings is 1. The molecule has 6 nitrogen and oxygen atoms in total. The van der Waals surface area contributed by atoms with Crippen molar-refractivity contribution >= 4 is 17.3 Å². The van der Waals surface area contributed by atoms with Crippen LogP contribution in [0.1, 0.15) is 45.6 Å². The Morgan fingerprint density at radius 1 is 1.28 bits per heavy atom. The molecule has 134 valence electrons. The van der Waals surface area contributed by atoms with Gasteiger partial charge in [0, 0.05) is 41.8 Å². The molecule has 2 bridgehead atoms. The summed E-state index contributed by atoms with van der Waals surface area (Å²) in [6.07, 6.45) is 3.28. The van der Waals surface area contributed by atoms with E-state index in [1.165, 1.54) is 12.1 Å². The first-order valence-electron chi connectivity index (χ1n) is 8.88. The van der Waals surface area contributed by atoms with Gasteiger partial charge in [-0.15, -0.1) is 0 Å². The summed E-state index contributed by atoms with van der Waals surface area (Å²) >= 11 is 0. The molecule has 0 N–H and O–H groups in total. The van der Waals surface area contributed by atoms with E-state index in [2.05, 4.69) is 25.7 Å². The van der Waals surface area contributed by atoms with Crippen LogP contribution in [0.4, 0.5) is 11.4 Å². The summed E-state index contributed by atoms with van der Waals surface area (Å²) < 4.78 is 0. The average molecular weight is 343 g/mol. The van der Waals surface area contributed by atoms with Crippen molar-refractivity contribution in [2.45, 2.75) is 58.5 Å².